The van der Waals surface area contributed by atoms with Crippen molar-refractivity contribution >= 4 is 28.1 Å². The number of hydrogen-bond donors (Lipinski definition) is 0. The van der Waals surface area contributed by atoms with E-state index in [9.17, 15) is 4.39 Å². The van der Waals surface area contributed by atoms with Gasteiger partial charge in [0.05, 0.1) is 31.0 Å². The first-order valence-corrected chi connectivity index (χ1v) is 11.8. The summed E-state index contributed by atoms with van der Waals surface area (Å²) in [6.07, 6.45) is 15.0. The average molecular weight is 511 g/mol. The van der Waals surface area contributed by atoms with Crippen LogP contribution in [0.25, 0.3) is 17.8 Å². The molecule has 0 N–H and O–H groups in total. The minimum Gasteiger partial charge on any atom is -0.494 e. The van der Waals surface area contributed by atoms with Crippen molar-refractivity contribution in [1.82, 2.24) is 29.3 Å². The number of aromatic nitrogens is 6. The lowest BCUT2D eigenvalue weighted by atomic mass is 9.86. The molecule has 9 heteroatoms. The maximum absolute atomic E-state index is 13.6. The summed E-state index contributed by atoms with van der Waals surface area (Å²) in [5.74, 6) is 2.31. The monoisotopic (exact) mass is 510 g/mol. The van der Waals surface area contributed by atoms with E-state index in [1.165, 1.54) is 0 Å². The number of allylic oxidation sites excluding steroid dienone is 4. The van der Waals surface area contributed by atoms with E-state index in [1.54, 1.807) is 25.7 Å². The zero-order chi connectivity index (χ0) is 22.9. The molecule has 5 rings (SSSR count). The molecule has 3 aromatic heterocycles. The zero-order valence-corrected chi connectivity index (χ0v) is 20.0. The molecule has 0 saturated heterocycles. The molecule has 33 heavy (non-hydrogen) atoms. The maximum Gasteiger partial charge on any atom is 0.174 e. The third-order valence-corrected chi connectivity index (χ3v) is 6.82. The van der Waals surface area contributed by atoms with Gasteiger partial charge in [0.25, 0.3) is 0 Å². The van der Waals surface area contributed by atoms with E-state index in [0.29, 0.717) is 18.0 Å². The molecule has 4 heterocycles. The molecule has 0 spiro atoms. The minimum atomic E-state index is -0.0985. The number of aryl methyl sites for hydroxylation is 2. The molecule has 0 radical (unpaired) electrons. The van der Waals surface area contributed by atoms with Crippen molar-refractivity contribution in [2.45, 2.75) is 43.5 Å². The van der Waals surface area contributed by atoms with Gasteiger partial charge in [0.2, 0.25) is 0 Å². The molecule has 170 valence electrons. The third-order valence-electron chi connectivity index (χ3n) is 5.97. The fourth-order valence-corrected chi connectivity index (χ4v) is 5.13. The number of halogens is 2. The summed E-state index contributed by atoms with van der Waals surface area (Å²) in [4.78, 5) is 13.6. The van der Waals surface area contributed by atoms with Crippen LogP contribution in [0.3, 0.4) is 0 Å². The number of alkyl halides is 1. The van der Waals surface area contributed by atoms with Gasteiger partial charge in [-0.15, -0.1) is 0 Å². The van der Waals surface area contributed by atoms with Crippen LogP contribution in [0.2, 0.25) is 0 Å². The molecule has 2 aliphatic rings. The predicted octanol–water partition coefficient (Wildman–Crippen LogP) is 5.17. The smallest absolute Gasteiger partial charge is 0.174 e. The highest BCUT2D eigenvalue weighted by molar-refractivity contribution is 9.09. The van der Waals surface area contributed by atoms with Gasteiger partial charge in [0.1, 0.15) is 23.1 Å². The summed E-state index contributed by atoms with van der Waals surface area (Å²) in [6.45, 7) is 2.77. The molecule has 3 aromatic rings. The molecule has 1 unspecified atom stereocenters. The normalized spacial score (nSPS) is 20.5. The SMILES string of the molecule is COc1cc(/C=C/c2nc3n(n2)CCC[C@@H]3C2=CC=C(F)CC2Br)ncc1-n1cnc(C)c1. The lowest BCUT2D eigenvalue weighted by Crippen LogP contribution is -2.23. The van der Waals surface area contributed by atoms with E-state index in [2.05, 4.69) is 31.0 Å². The van der Waals surface area contributed by atoms with E-state index < -0.39 is 0 Å². The molecule has 1 aliphatic heterocycles. The first-order valence-electron chi connectivity index (χ1n) is 10.9. The second-order valence-corrected chi connectivity index (χ2v) is 9.34. The van der Waals surface area contributed by atoms with Crippen molar-refractivity contribution < 1.29 is 9.13 Å². The lowest BCUT2D eigenvalue weighted by molar-refractivity contribution is 0.412. The van der Waals surface area contributed by atoms with E-state index in [-0.39, 0.29) is 16.6 Å². The topological polar surface area (TPSA) is 70.7 Å². The number of pyridine rings is 1. The van der Waals surface area contributed by atoms with Crippen LogP contribution in [0, 0.1) is 6.92 Å². The van der Waals surface area contributed by atoms with E-state index in [4.69, 9.17) is 9.72 Å². The Kier molecular flexibility index (Phi) is 5.97. The summed E-state index contributed by atoms with van der Waals surface area (Å²) in [6, 6.07) is 1.88. The first kappa shape index (κ1) is 21.8. The molecular weight excluding hydrogens is 487 g/mol. The van der Waals surface area contributed by atoms with E-state index in [0.717, 1.165) is 47.9 Å². The maximum atomic E-state index is 13.6. The number of methoxy groups -OCH3 is 1. The van der Waals surface area contributed by atoms with Gasteiger partial charge in [-0.25, -0.2) is 19.0 Å². The van der Waals surface area contributed by atoms with Crippen molar-refractivity contribution in [3.8, 4) is 11.4 Å². The number of fused-ring (bicyclic) bond motifs is 1. The van der Waals surface area contributed by atoms with Crippen LogP contribution >= 0.6 is 15.9 Å². The number of nitrogens with zero attached hydrogens (tertiary/aromatic N) is 6. The molecule has 0 saturated carbocycles. The molecule has 7 nitrogen and oxygen atoms in total. The van der Waals surface area contributed by atoms with E-state index in [1.807, 2.05) is 46.7 Å². The Morgan fingerprint density at radius 2 is 2.12 bits per heavy atom. The van der Waals surface area contributed by atoms with Gasteiger partial charge >= 0.3 is 0 Å². The lowest BCUT2D eigenvalue weighted by Gasteiger charge is -2.28. The summed E-state index contributed by atoms with van der Waals surface area (Å²) in [5.41, 5.74) is 3.65. The zero-order valence-electron chi connectivity index (χ0n) is 18.4. The minimum absolute atomic E-state index is 0.00999. The molecule has 1 aliphatic carbocycles. The van der Waals surface area contributed by atoms with Crippen LogP contribution in [-0.4, -0.2) is 41.2 Å². The van der Waals surface area contributed by atoms with Crippen molar-refractivity contribution in [3.05, 3.63) is 71.4 Å². The Morgan fingerprint density at radius 1 is 1.24 bits per heavy atom. The van der Waals surface area contributed by atoms with Gasteiger partial charge in [0, 0.05) is 36.0 Å². The van der Waals surface area contributed by atoms with Gasteiger partial charge < -0.3 is 9.30 Å². The molecule has 0 fully saturated rings. The van der Waals surface area contributed by atoms with Crippen LogP contribution in [0.5, 0.6) is 5.75 Å². The van der Waals surface area contributed by atoms with Gasteiger partial charge in [-0.1, -0.05) is 22.0 Å². The van der Waals surface area contributed by atoms with Crippen LogP contribution in [0.15, 0.2) is 48.3 Å². The number of rotatable bonds is 5. The highest BCUT2D eigenvalue weighted by atomic mass is 79.9. The quantitative estimate of drug-likeness (QED) is 0.442. The second-order valence-electron chi connectivity index (χ2n) is 8.23. The Labute approximate surface area is 199 Å². The summed E-state index contributed by atoms with van der Waals surface area (Å²) in [5, 5.41) is 4.68. The number of hydrogen-bond acceptors (Lipinski definition) is 5. The Morgan fingerprint density at radius 3 is 2.88 bits per heavy atom. The summed E-state index contributed by atoms with van der Waals surface area (Å²) >= 11 is 3.64. The Hall–Kier alpha value is -3.07. The third kappa shape index (κ3) is 4.42. The predicted molar refractivity (Wildman–Crippen MR) is 128 cm³/mol. The largest absolute Gasteiger partial charge is 0.494 e. The van der Waals surface area contributed by atoms with E-state index >= 15 is 0 Å². The molecule has 0 bridgehead atoms. The Balaban J connectivity index is 1.40. The summed E-state index contributed by atoms with van der Waals surface area (Å²) in [7, 11) is 1.64. The van der Waals surface area contributed by atoms with Gasteiger partial charge in [-0.2, -0.15) is 5.10 Å². The fraction of sp³-hybridized carbons (Fsp3) is 0.333. The highest BCUT2D eigenvalue weighted by Gasteiger charge is 2.31. The van der Waals surface area contributed by atoms with Gasteiger partial charge in [-0.05, 0) is 43.6 Å². The van der Waals surface area contributed by atoms with Crippen LogP contribution < -0.4 is 4.74 Å². The average Bonchev–Trinajstić information content (AvgIpc) is 3.43. The number of imidazole rings is 1. The molecule has 2 atom stereocenters. The fourth-order valence-electron chi connectivity index (χ4n) is 4.34. The van der Waals surface area contributed by atoms with Crippen molar-refractivity contribution in [2.24, 2.45) is 0 Å². The molecule has 0 aromatic carbocycles. The van der Waals surface area contributed by atoms with Crippen LogP contribution in [0.4, 0.5) is 4.39 Å². The van der Waals surface area contributed by atoms with Crippen molar-refractivity contribution in [3.63, 3.8) is 0 Å². The molecule has 0 amide bonds. The Bertz CT molecular complexity index is 1270. The summed E-state index contributed by atoms with van der Waals surface area (Å²) < 4.78 is 23.1. The van der Waals surface area contributed by atoms with Crippen molar-refractivity contribution in [2.75, 3.05) is 7.11 Å². The standard InChI is InChI=1S/C24H24BrFN6O/c1-15-13-31(14-28-15)21-12-27-17(11-22(21)33-2)6-8-23-29-24-19(4-3-9-32(24)30-23)18-7-5-16(26)10-20(18)25/h5-8,11-14,19-20H,3-4,9-10H2,1-2H3/b8-6+/t19-,20?/m1/s1. The first-order chi connectivity index (χ1) is 16.0. The van der Waals surface area contributed by atoms with Gasteiger partial charge in [0.15, 0.2) is 5.82 Å². The van der Waals surface area contributed by atoms with Crippen LogP contribution in [0.1, 0.15) is 48.2 Å². The molecular formula is C24H24BrFN6O. The second kappa shape index (κ2) is 9.05. The van der Waals surface area contributed by atoms with Crippen molar-refractivity contribution in [1.29, 1.82) is 0 Å². The van der Waals surface area contributed by atoms with Crippen LogP contribution in [-0.2, 0) is 6.54 Å². The van der Waals surface area contributed by atoms with Gasteiger partial charge in [-0.3, -0.25) is 4.98 Å². The number of ether oxygens (including phenoxy) is 1. The highest BCUT2D eigenvalue weighted by Crippen LogP contribution is 2.40.